The lowest BCUT2D eigenvalue weighted by Gasteiger charge is -2.21. The molecule has 166 valence electrons. The van der Waals surface area contributed by atoms with E-state index < -0.39 is 10.0 Å². The predicted octanol–water partition coefficient (Wildman–Crippen LogP) is 4.15. The van der Waals surface area contributed by atoms with Gasteiger partial charge in [-0.3, -0.25) is 4.79 Å². The van der Waals surface area contributed by atoms with E-state index in [1.165, 1.54) is 41.0 Å². The third-order valence-corrected chi connectivity index (χ3v) is 8.28. The van der Waals surface area contributed by atoms with Gasteiger partial charge < -0.3 is 10.1 Å². The number of halogens is 1. The van der Waals surface area contributed by atoms with Gasteiger partial charge in [-0.25, -0.2) is 12.8 Å². The molecule has 0 aliphatic rings. The van der Waals surface area contributed by atoms with Crippen molar-refractivity contribution in [1.82, 2.24) is 9.62 Å². The van der Waals surface area contributed by atoms with Gasteiger partial charge in [-0.1, -0.05) is 18.2 Å². The van der Waals surface area contributed by atoms with E-state index in [-0.39, 0.29) is 35.8 Å². The second kappa shape index (κ2) is 9.44. The number of fused-ring (bicyclic) bond motifs is 1. The van der Waals surface area contributed by atoms with Gasteiger partial charge in [0.05, 0.1) is 16.4 Å². The van der Waals surface area contributed by atoms with E-state index in [1.54, 1.807) is 45.2 Å². The van der Waals surface area contributed by atoms with Crippen LogP contribution in [0.4, 0.5) is 4.39 Å². The number of methoxy groups -OCH3 is 1. The number of nitrogens with one attached hydrogen (secondary N) is 1. The summed E-state index contributed by atoms with van der Waals surface area (Å²) < 4.78 is 46.6. The van der Waals surface area contributed by atoms with Crippen molar-refractivity contribution in [2.75, 3.05) is 14.2 Å². The quantitative estimate of drug-likeness (QED) is 0.544. The molecule has 2 aromatic carbocycles. The van der Waals surface area contributed by atoms with Crippen LogP contribution in [-0.2, 0) is 27.9 Å². The molecule has 6 nitrogen and oxygen atoms in total. The average molecular weight is 465 g/mol. The number of hydrogen-bond donors (Lipinski definition) is 1. The first-order valence-electron chi connectivity index (χ1n) is 9.70. The Kier molecular flexibility index (Phi) is 7.10. The van der Waals surface area contributed by atoms with Gasteiger partial charge in [0.25, 0.3) is 5.91 Å². The van der Waals surface area contributed by atoms with Crippen LogP contribution >= 0.6 is 11.3 Å². The molecule has 0 atom stereocenters. The molecule has 0 aliphatic heterocycles. The maximum atomic E-state index is 14.3. The summed E-state index contributed by atoms with van der Waals surface area (Å²) in [5.41, 5.74) is 1.27. The molecule has 1 N–H and O–H groups in total. The highest BCUT2D eigenvalue weighted by molar-refractivity contribution is 7.89. The molecular formula is C22H25FN2O4S2. The molecule has 9 heteroatoms. The monoisotopic (exact) mass is 464 g/mol. The van der Waals surface area contributed by atoms with Crippen molar-refractivity contribution < 1.29 is 22.3 Å². The highest BCUT2D eigenvalue weighted by atomic mass is 32.2. The van der Waals surface area contributed by atoms with E-state index in [0.29, 0.717) is 20.5 Å². The van der Waals surface area contributed by atoms with Crippen LogP contribution in [0.2, 0.25) is 0 Å². The summed E-state index contributed by atoms with van der Waals surface area (Å²) in [5, 5.41) is 3.23. The normalized spacial score (nSPS) is 12.1. The van der Waals surface area contributed by atoms with Crippen LogP contribution in [-0.4, -0.2) is 38.8 Å². The molecule has 0 spiro atoms. The number of nitrogens with zero attached hydrogens (tertiary/aromatic N) is 1. The topological polar surface area (TPSA) is 75.7 Å². The molecular weight excluding hydrogens is 439 g/mol. The van der Waals surface area contributed by atoms with Crippen LogP contribution in [0.5, 0.6) is 0 Å². The first-order chi connectivity index (χ1) is 14.7. The summed E-state index contributed by atoms with van der Waals surface area (Å²) in [6.45, 7) is 3.94. The molecule has 0 aliphatic carbocycles. The summed E-state index contributed by atoms with van der Waals surface area (Å²) in [6.07, 6.45) is 0. The maximum absolute atomic E-state index is 14.3. The summed E-state index contributed by atoms with van der Waals surface area (Å²) in [4.78, 5) is 13.4. The minimum Gasteiger partial charge on any atom is -0.380 e. The van der Waals surface area contributed by atoms with E-state index in [0.717, 1.165) is 5.56 Å². The fourth-order valence-electron chi connectivity index (χ4n) is 3.12. The Morgan fingerprint density at radius 3 is 2.48 bits per heavy atom. The lowest BCUT2D eigenvalue weighted by molar-refractivity contribution is 0.0950. The number of sulfonamides is 1. The van der Waals surface area contributed by atoms with E-state index in [4.69, 9.17) is 4.74 Å². The average Bonchev–Trinajstić information content (AvgIpc) is 3.11. The summed E-state index contributed by atoms with van der Waals surface area (Å²) in [7, 11) is -0.522. The molecule has 31 heavy (non-hydrogen) atoms. The zero-order chi connectivity index (χ0) is 22.8. The van der Waals surface area contributed by atoms with Crippen LogP contribution in [0, 0.1) is 5.82 Å². The molecule has 3 aromatic rings. The fourth-order valence-corrected chi connectivity index (χ4v) is 5.62. The minimum absolute atomic E-state index is 0.125. The number of ether oxygens (including phenoxy) is 1. The molecule has 3 rings (SSSR count). The van der Waals surface area contributed by atoms with E-state index >= 15 is 0 Å². The van der Waals surface area contributed by atoms with Crippen molar-refractivity contribution in [2.24, 2.45) is 0 Å². The van der Waals surface area contributed by atoms with E-state index in [1.807, 2.05) is 0 Å². The molecule has 0 saturated carbocycles. The molecule has 0 radical (unpaired) electrons. The first kappa shape index (κ1) is 23.3. The second-order valence-corrected chi connectivity index (χ2v) is 10.4. The standard InChI is InChI=1S/C22H25FN2O4S2/c1-14(2)25(3)31(27,28)16-10-8-15(9-11-16)12-24-22(26)21-17(13-29-4)20-18(23)6-5-7-19(20)30-21/h5-11,14H,12-13H2,1-4H3,(H,24,26). The van der Waals surface area contributed by atoms with E-state index in [2.05, 4.69) is 5.32 Å². The highest BCUT2D eigenvalue weighted by Crippen LogP contribution is 2.33. The third kappa shape index (κ3) is 4.79. The van der Waals surface area contributed by atoms with Crippen molar-refractivity contribution in [3.63, 3.8) is 0 Å². The van der Waals surface area contributed by atoms with Gasteiger partial charge in [-0.2, -0.15) is 4.31 Å². The van der Waals surface area contributed by atoms with Crippen molar-refractivity contribution in [3.8, 4) is 0 Å². The number of carbonyl (C=O) groups is 1. The Hall–Kier alpha value is -2.33. The largest absolute Gasteiger partial charge is 0.380 e. The Labute approximate surface area is 185 Å². The summed E-state index contributed by atoms with van der Waals surface area (Å²) in [6, 6.07) is 11.0. The Balaban J connectivity index is 1.77. The van der Waals surface area contributed by atoms with E-state index in [9.17, 15) is 17.6 Å². The predicted molar refractivity (Wildman–Crippen MR) is 120 cm³/mol. The summed E-state index contributed by atoms with van der Waals surface area (Å²) >= 11 is 1.22. The molecule has 1 heterocycles. The smallest absolute Gasteiger partial charge is 0.262 e. The number of benzene rings is 2. The van der Waals surface area contributed by atoms with Gasteiger partial charge in [0.15, 0.2) is 0 Å². The maximum Gasteiger partial charge on any atom is 0.262 e. The summed E-state index contributed by atoms with van der Waals surface area (Å²) in [5.74, 6) is -0.716. The van der Waals surface area contributed by atoms with Gasteiger partial charge >= 0.3 is 0 Å². The zero-order valence-corrected chi connectivity index (χ0v) is 19.4. The van der Waals surface area contributed by atoms with Crippen LogP contribution in [0.15, 0.2) is 47.4 Å². The van der Waals surface area contributed by atoms with Gasteiger partial charge in [0.1, 0.15) is 5.82 Å². The number of carbonyl (C=O) groups excluding carboxylic acids is 1. The Morgan fingerprint density at radius 1 is 1.19 bits per heavy atom. The molecule has 0 unspecified atom stereocenters. The second-order valence-electron chi connectivity index (χ2n) is 7.40. The van der Waals surface area contributed by atoms with Gasteiger partial charge in [0, 0.05) is 42.4 Å². The van der Waals surface area contributed by atoms with Crippen LogP contribution in [0.25, 0.3) is 10.1 Å². The lowest BCUT2D eigenvalue weighted by Crippen LogP contribution is -2.33. The molecule has 0 bridgehead atoms. The molecule has 0 saturated heterocycles. The molecule has 1 amide bonds. The Morgan fingerprint density at radius 2 is 1.87 bits per heavy atom. The molecule has 1 aromatic heterocycles. The van der Waals surface area contributed by atoms with Crippen molar-refractivity contribution in [2.45, 2.75) is 37.9 Å². The Bertz CT molecular complexity index is 1190. The zero-order valence-electron chi connectivity index (χ0n) is 17.8. The number of rotatable bonds is 8. The van der Waals surface area contributed by atoms with Crippen molar-refractivity contribution in [3.05, 3.63) is 64.3 Å². The SMILES string of the molecule is COCc1c(C(=O)NCc2ccc(S(=O)(=O)N(C)C(C)C)cc2)sc2cccc(F)c12. The van der Waals surface area contributed by atoms with Gasteiger partial charge in [-0.05, 0) is 43.7 Å². The first-order valence-corrected chi connectivity index (χ1v) is 12.0. The van der Waals surface area contributed by atoms with Crippen LogP contribution in [0.1, 0.15) is 34.6 Å². The van der Waals surface area contributed by atoms with Crippen LogP contribution < -0.4 is 5.32 Å². The van der Waals surface area contributed by atoms with Crippen molar-refractivity contribution in [1.29, 1.82) is 0 Å². The number of amides is 1. The molecule has 0 fully saturated rings. The van der Waals surface area contributed by atoms with Gasteiger partial charge in [-0.15, -0.1) is 11.3 Å². The van der Waals surface area contributed by atoms with Gasteiger partial charge in [0.2, 0.25) is 10.0 Å². The number of hydrogen-bond acceptors (Lipinski definition) is 5. The highest BCUT2D eigenvalue weighted by Gasteiger charge is 2.23. The third-order valence-electron chi connectivity index (χ3n) is 5.04. The fraction of sp³-hybridized carbons (Fsp3) is 0.318. The van der Waals surface area contributed by atoms with Crippen molar-refractivity contribution >= 4 is 37.4 Å². The minimum atomic E-state index is -3.56. The number of thiophene rings is 1. The lowest BCUT2D eigenvalue weighted by atomic mass is 10.1. The van der Waals surface area contributed by atoms with Crippen LogP contribution in [0.3, 0.4) is 0 Å².